The molecule has 1 unspecified atom stereocenters. The molecule has 0 saturated heterocycles. The number of halogens is 1. The third-order valence-corrected chi connectivity index (χ3v) is 0.401. The molecule has 0 amide bonds. The average Bonchev–Trinajstić information content (AvgIpc) is 1.27. The van der Waals surface area contributed by atoms with Crippen molar-refractivity contribution >= 4 is 17.6 Å². The van der Waals surface area contributed by atoms with Crippen molar-refractivity contribution in [3.05, 3.63) is 0 Å². The van der Waals surface area contributed by atoms with Crippen molar-refractivity contribution in [2.75, 3.05) is 0 Å². The van der Waals surface area contributed by atoms with Gasteiger partial charge in [-0.1, -0.05) is 0 Å². The van der Waals surface area contributed by atoms with E-state index in [1.54, 1.807) is 0 Å². The SMILES string of the molecule is O=C(F)OS(=O)[O-]. The quantitative estimate of drug-likeness (QED) is 0.364. The van der Waals surface area contributed by atoms with Crippen LogP contribution in [-0.2, 0) is 15.5 Å². The maximum absolute atomic E-state index is 10.7. The van der Waals surface area contributed by atoms with Crippen LogP contribution in [0.3, 0.4) is 0 Å². The number of hydrogen-bond acceptors (Lipinski definition) is 4. The molecule has 6 heteroatoms. The lowest BCUT2D eigenvalue weighted by Gasteiger charge is -1.96. The smallest absolute Gasteiger partial charge is 0.508 e. The van der Waals surface area contributed by atoms with E-state index in [4.69, 9.17) is 13.6 Å². The Morgan fingerprint density at radius 1 is 1.86 bits per heavy atom. The van der Waals surface area contributed by atoms with Crippen LogP contribution in [0.15, 0.2) is 0 Å². The van der Waals surface area contributed by atoms with Crippen molar-refractivity contribution < 1.29 is 22.1 Å². The molecule has 0 fully saturated rings. The summed E-state index contributed by atoms with van der Waals surface area (Å²) in [5, 5.41) is 0. The summed E-state index contributed by atoms with van der Waals surface area (Å²) in [7, 11) is 0. The van der Waals surface area contributed by atoms with E-state index < -0.39 is 17.6 Å². The van der Waals surface area contributed by atoms with Crippen molar-refractivity contribution in [3.8, 4) is 0 Å². The summed E-state index contributed by atoms with van der Waals surface area (Å²) in [4.78, 5) is 8.97. The van der Waals surface area contributed by atoms with Crippen molar-refractivity contribution in [3.63, 3.8) is 0 Å². The molecule has 0 radical (unpaired) electrons. The summed E-state index contributed by atoms with van der Waals surface area (Å²) in [5.41, 5.74) is 0. The van der Waals surface area contributed by atoms with E-state index in [0.29, 0.717) is 0 Å². The first-order chi connectivity index (χ1) is 3.13. The molecule has 0 bridgehead atoms. The standard InChI is InChI=1S/CHFO4S/c2-1(3)6-7(4)5/h(H,4,5)/p-1. The third kappa shape index (κ3) is 5.51. The van der Waals surface area contributed by atoms with Gasteiger partial charge < -0.3 is 8.74 Å². The fraction of sp³-hybridized carbons (Fsp3) is 0. The van der Waals surface area contributed by atoms with Crippen LogP contribution < -0.4 is 0 Å². The monoisotopic (exact) mass is 127 g/mol. The second-order valence-corrected chi connectivity index (χ2v) is 1.10. The zero-order valence-electron chi connectivity index (χ0n) is 2.92. The highest BCUT2D eigenvalue weighted by Gasteiger charge is 1.93. The minimum absolute atomic E-state index is 2.33. The van der Waals surface area contributed by atoms with Crippen LogP contribution in [0.2, 0.25) is 0 Å². The maximum atomic E-state index is 10.7. The summed E-state index contributed by atoms with van der Waals surface area (Å²) in [5.74, 6) is 0. The van der Waals surface area contributed by atoms with Gasteiger partial charge in [-0.2, -0.15) is 0 Å². The lowest BCUT2D eigenvalue weighted by atomic mass is 11.5. The van der Waals surface area contributed by atoms with Gasteiger partial charge in [0.25, 0.3) is 0 Å². The fourth-order valence-electron chi connectivity index (χ4n) is 0.0535. The van der Waals surface area contributed by atoms with Crippen LogP contribution in [0.5, 0.6) is 0 Å². The lowest BCUT2D eigenvalue weighted by molar-refractivity contribution is 0.176. The Hall–Kier alpha value is -0.490. The van der Waals surface area contributed by atoms with Gasteiger partial charge in [0.15, 0.2) is 0 Å². The number of carbonyl (C=O) groups excluding carboxylic acids is 1. The summed E-state index contributed by atoms with van der Waals surface area (Å²) >= 11 is -3.07. The first kappa shape index (κ1) is 6.51. The Morgan fingerprint density at radius 3 is 2.29 bits per heavy atom. The molecule has 0 saturated carbocycles. The minimum atomic E-state index is -3.07. The Balaban J connectivity index is 3.32. The molecule has 0 aliphatic carbocycles. The Labute approximate surface area is 40.8 Å². The second-order valence-electron chi connectivity index (χ2n) is 0.525. The highest BCUT2D eigenvalue weighted by Crippen LogP contribution is 1.82. The molecule has 0 aromatic heterocycles. The van der Waals surface area contributed by atoms with Crippen molar-refractivity contribution in [2.24, 2.45) is 0 Å². The van der Waals surface area contributed by atoms with Gasteiger partial charge >= 0.3 is 6.22 Å². The van der Waals surface area contributed by atoms with Crippen molar-refractivity contribution in [1.82, 2.24) is 0 Å². The van der Waals surface area contributed by atoms with Gasteiger partial charge in [0.05, 0.1) is 0 Å². The van der Waals surface area contributed by atoms with E-state index in [1.807, 2.05) is 0 Å². The summed E-state index contributed by atoms with van der Waals surface area (Å²) in [6.45, 7) is 0. The average molecular weight is 127 g/mol. The molecule has 42 valence electrons. The van der Waals surface area contributed by atoms with Gasteiger partial charge in [0, 0.05) is 0 Å². The number of carbonyl (C=O) groups is 1. The van der Waals surface area contributed by atoms with Crippen LogP contribution in [0.25, 0.3) is 0 Å². The molecular formula is CFO4S-. The molecule has 0 rings (SSSR count). The fourth-order valence-corrected chi connectivity index (χ4v) is 0.160. The zero-order valence-corrected chi connectivity index (χ0v) is 3.74. The van der Waals surface area contributed by atoms with Crippen LogP contribution >= 0.6 is 0 Å². The normalized spacial score (nSPS) is 12.9. The Kier molecular flexibility index (Phi) is 2.46. The summed E-state index contributed by atoms with van der Waals surface area (Å²) < 4.78 is 31.8. The van der Waals surface area contributed by atoms with Gasteiger partial charge in [0.2, 0.25) is 0 Å². The van der Waals surface area contributed by atoms with Crippen LogP contribution in [-0.4, -0.2) is 15.0 Å². The minimum Gasteiger partial charge on any atom is -0.740 e. The summed E-state index contributed by atoms with van der Waals surface area (Å²) in [6.07, 6.45) is -2.33. The molecule has 0 heterocycles. The van der Waals surface area contributed by atoms with E-state index in [2.05, 4.69) is 4.18 Å². The van der Waals surface area contributed by atoms with Crippen molar-refractivity contribution in [2.45, 2.75) is 0 Å². The molecule has 1 atom stereocenters. The first-order valence-electron chi connectivity index (χ1n) is 1.10. The molecule has 4 nitrogen and oxygen atoms in total. The highest BCUT2D eigenvalue weighted by molar-refractivity contribution is 7.74. The predicted molar refractivity (Wildman–Crippen MR) is 16.5 cm³/mol. The van der Waals surface area contributed by atoms with Crippen molar-refractivity contribution in [1.29, 1.82) is 0 Å². The van der Waals surface area contributed by atoms with Gasteiger partial charge in [-0.3, -0.25) is 0 Å². The Bertz CT molecular complexity index is 87.9. The first-order valence-corrected chi connectivity index (χ1v) is 2.10. The van der Waals surface area contributed by atoms with E-state index in [1.165, 1.54) is 0 Å². The van der Waals surface area contributed by atoms with E-state index in [0.717, 1.165) is 0 Å². The molecule has 0 aromatic carbocycles. The van der Waals surface area contributed by atoms with Gasteiger partial charge in [-0.15, -0.1) is 4.39 Å². The molecule has 0 aliphatic heterocycles. The largest absolute Gasteiger partial charge is 0.740 e. The topological polar surface area (TPSA) is 66.4 Å². The van der Waals surface area contributed by atoms with E-state index >= 15 is 0 Å². The Morgan fingerprint density at radius 2 is 2.29 bits per heavy atom. The molecular weight excluding hydrogens is 127 g/mol. The van der Waals surface area contributed by atoms with E-state index in [9.17, 15) is 4.39 Å². The van der Waals surface area contributed by atoms with Crippen LogP contribution in [0, 0.1) is 0 Å². The summed E-state index contributed by atoms with van der Waals surface area (Å²) in [6, 6.07) is 0. The predicted octanol–water partition coefficient (Wildman–Crippen LogP) is -0.113. The molecule has 7 heavy (non-hydrogen) atoms. The number of hydrogen-bond donors (Lipinski definition) is 0. The van der Waals surface area contributed by atoms with Crippen LogP contribution in [0.4, 0.5) is 9.18 Å². The van der Waals surface area contributed by atoms with Gasteiger partial charge in [-0.05, 0) is 0 Å². The molecule has 0 spiro atoms. The molecule has 0 aromatic rings. The second kappa shape index (κ2) is 2.64. The number of rotatable bonds is 1. The maximum Gasteiger partial charge on any atom is 0.508 e. The van der Waals surface area contributed by atoms with Crippen LogP contribution in [0.1, 0.15) is 0 Å². The zero-order chi connectivity index (χ0) is 5.86. The van der Waals surface area contributed by atoms with Gasteiger partial charge in [0.1, 0.15) is 11.4 Å². The van der Waals surface area contributed by atoms with Gasteiger partial charge in [-0.25, -0.2) is 9.00 Å². The third-order valence-electron chi connectivity index (χ3n) is 0.134. The molecule has 0 aliphatic rings. The van der Waals surface area contributed by atoms with E-state index in [-0.39, 0.29) is 0 Å². The lowest BCUT2D eigenvalue weighted by Crippen LogP contribution is -1.96. The highest BCUT2D eigenvalue weighted by atomic mass is 32.2. The molecule has 0 N–H and O–H groups in total.